The summed E-state index contributed by atoms with van der Waals surface area (Å²) in [6, 6.07) is 4.00. The number of nitrogens with zero attached hydrogens (tertiary/aromatic N) is 1. The third kappa shape index (κ3) is 3.51. The maximum atomic E-state index is 11.9. The summed E-state index contributed by atoms with van der Waals surface area (Å²) in [4.78, 5) is 11.9. The molecule has 0 heterocycles. The van der Waals surface area contributed by atoms with Gasteiger partial charge in [0.05, 0.1) is 16.6 Å². The van der Waals surface area contributed by atoms with Gasteiger partial charge < -0.3 is 16.3 Å². The van der Waals surface area contributed by atoms with Crippen molar-refractivity contribution in [1.29, 1.82) is 0 Å². The highest BCUT2D eigenvalue weighted by molar-refractivity contribution is 6.36. The molecular weight excluding hydrogens is 277 g/mol. The lowest BCUT2D eigenvalue weighted by atomic mass is 10.1. The number of halogens is 2. The Morgan fingerprint density at radius 3 is 2.72 bits per heavy atom. The van der Waals surface area contributed by atoms with Crippen molar-refractivity contribution in [2.45, 2.75) is 19.4 Å². The minimum absolute atomic E-state index is 0.0593. The van der Waals surface area contributed by atoms with Crippen molar-refractivity contribution in [2.75, 3.05) is 0 Å². The molecule has 0 fully saturated rings. The first kappa shape index (κ1) is 14.6. The van der Waals surface area contributed by atoms with E-state index in [9.17, 15) is 4.79 Å². The molecule has 98 valence electrons. The summed E-state index contributed by atoms with van der Waals surface area (Å²) in [7, 11) is 0. The van der Waals surface area contributed by atoms with Crippen molar-refractivity contribution in [3.05, 3.63) is 33.8 Å². The zero-order valence-corrected chi connectivity index (χ0v) is 11.2. The zero-order valence-electron chi connectivity index (χ0n) is 9.65. The molecule has 5 nitrogen and oxygen atoms in total. The highest BCUT2D eigenvalue weighted by Crippen LogP contribution is 2.20. The molecule has 0 radical (unpaired) electrons. The Kier molecular flexibility index (Phi) is 5.25. The smallest absolute Gasteiger partial charge is 0.253 e. The highest BCUT2D eigenvalue weighted by Gasteiger charge is 2.17. The van der Waals surface area contributed by atoms with Gasteiger partial charge in [0.25, 0.3) is 5.91 Å². The molecule has 0 spiro atoms. The van der Waals surface area contributed by atoms with Gasteiger partial charge in [0, 0.05) is 5.02 Å². The lowest BCUT2D eigenvalue weighted by Crippen LogP contribution is -2.44. The van der Waals surface area contributed by atoms with Crippen LogP contribution in [0.1, 0.15) is 23.7 Å². The molecule has 0 aliphatic rings. The summed E-state index contributed by atoms with van der Waals surface area (Å²) in [5.74, 6) is -0.467. The molecule has 1 aromatic rings. The van der Waals surface area contributed by atoms with Gasteiger partial charge in [0.2, 0.25) is 0 Å². The number of rotatable bonds is 4. The van der Waals surface area contributed by atoms with Crippen LogP contribution in [0.4, 0.5) is 0 Å². The van der Waals surface area contributed by atoms with Crippen LogP contribution < -0.4 is 11.1 Å². The highest BCUT2D eigenvalue weighted by atomic mass is 35.5. The van der Waals surface area contributed by atoms with Gasteiger partial charge in [-0.1, -0.05) is 35.3 Å². The molecule has 0 aromatic heterocycles. The van der Waals surface area contributed by atoms with E-state index in [2.05, 4.69) is 10.5 Å². The van der Waals surface area contributed by atoms with E-state index in [1.54, 1.807) is 13.0 Å². The number of carbonyl (C=O) groups excluding carboxylic acids is 1. The van der Waals surface area contributed by atoms with E-state index in [1.807, 2.05) is 0 Å². The Labute approximate surface area is 115 Å². The maximum Gasteiger partial charge on any atom is 0.253 e. The fourth-order valence-corrected chi connectivity index (χ4v) is 1.86. The molecule has 0 aliphatic carbocycles. The van der Waals surface area contributed by atoms with E-state index in [0.717, 1.165) is 0 Å². The molecule has 1 rings (SSSR count). The molecule has 0 saturated heterocycles. The molecule has 1 atom stereocenters. The molecule has 1 unspecified atom stereocenters. The van der Waals surface area contributed by atoms with Crippen molar-refractivity contribution < 1.29 is 10.0 Å². The average Bonchev–Trinajstić information content (AvgIpc) is 2.34. The lowest BCUT2D eigenvalue weighted by Gasteiger charge is -2.15. The second kappa shape index (κ2) is 6.47. The van der Waals surface area contributed by atoms with Gasteiger partial charge in [0.1, 0.15) is 0 Å². The molecule has 0 saturated carbocycles. The summed E-state index contributed by atoms with van der Waals surface area (Å²) < 4.78 is 0. The fraction of sp³-hybridized carbons (Fsp3) is 0.273. The normalized spacial score (nSPS) is 13.2. The van der Waals surface area contributed by atoms with Crippen LogP contribution in [0.15, 0.2) is 23.4 Å². The summed E-state index contributed by atoms with van der Waals surface area (Å²) in [6.07, 6.45) is 0.493. The largest absolute Gasteiger partial charge is 0.409 e. The third-order valence-corrected chi connectivity index (χ3v) is 2.91. The predicted molar refractivity (Wildman–Crippen MR) is 71.4 cm³/mol. The Morgan fingerprint density at radius 1 is 1.56 bits per heavy atom. The molecule has 18 heavy (non-hydrogen) atoms. The fourth-order valence-electron chi connectivity index (χ4n) is 1.36. The van der Waals surface area contributed by atoms with Gasteiger partial charge in [-0.25, -0.2) is 0 Å². The van der Waals surface area contributed by atoms with Crippen LogP contribution >= 0.6 is 23.2 Å². The summed E-state index contributed by atoms with van der Waals surface area (Å²) in [6.45, 7) is 1.80. The SMILES string of the molecule is CCC(NC(=O)c1ccc(Cl)cc1Cl)/C(N)=N/O. The van der Waals surface area contributed by atoms with Gasteiger partial charge >= 0.3 is 0 Å². The summed E-state index contributed by atoms with van der Waals surface area (Å²) >= 11 is 11.6. The third-order valence-electron chi connectivity index (χ3n) is 2.36. The van der Waals surface area contributed by atoms with Gasteiger partial charge in [0.15, 0.2) is 5.84 Å². The van der Waals surface area contributed by atoms with E-state index < -0.39 is 11.9 Å². The monoisotopic (exact) mass is 289 g/mol. The number of carbonyl (C=O) groups is 1. The van der Waals surface area contributed by atoms with E-state index in [1.165, 1.54) is 12.1 Å². The Hall–Kier alpha value is -1.46. The van der Waals surface area contributed by atoms with E-state index >= 15 is 0 Å². The summed E-state index contributed by atoms with van der Waals surface area (Å²) in [5, 5.41) is 14.7. The van der Waals surface area contributed by atoms with Crippen LogP contribution in [-0.4, -0.2) is 23.0 Å². The molecule has 1 aromatic carbocycles. The first-order valence-corrected chi connectivity index (χ1v) is 5.98. The van der Waals surface area contributed by atoms with Crippen molar-refractivity contribution in [3.63, 3.8) is 0 Å². The van der Waals surface area contributed by atoms with Crippen molar-refractivity contribution in [2.24, 2.45) is 10.9 Å². The van der Waals surface area contributed by atoms with E-state index in [4.69, 9.17) is 34.1 Å². The van der Waals surface area contributed by atoms with Crippen molar-refractivity contribution in [1.82, 2.24) is 5.32 Å². The Morgan fingerprint density at radius 2 is 2.22 bits per heavy atom. The number of oxime groups is 1. The standard InChI is InChI=1S/C11H13Cl2N3O2/c1-2-9(10(14)16-18)15-11(17)7-4-3-6(12)5-8(7)13/h3-5,9,18H,2H2,1H3,(H2,14,16)(H,15,17). The molecular formula is C11H13Cl2N3O2. The summed E-state index contributed by atoms with van der Waals surface area (Å²) in [5.41, 5.74) is 5.73. The Balaban J connectivity index is 2.88. The van der Waals surface area contributed by atoms with Crippen molar-refractivity contribution >= 4 is 34.9 Å². The van der Waals surface area contributed by atoms with Crippen molar-refractivity contribution in [3.8, 4) is 0 Å². The topological polar surface area (TPSA) is 87.7 Å². The first-order chi connectivity index (χ1) is 8.49. The Bertz CT molecular complexity index is 477. The van der Waals surface area contributed by atoms with Gasteiger partial charge in [-0.05, 0) is 24.6 Å². The van der Waals surface area contributed by atoms with Crippen LogP contribution in [0, 0.1) is 0 Å². The van der Waals surface area contributed by atoms with Gasteiger partial charge in [-0.2, -0.15) is 0 Å². The molecule has 4 N–H and O–H groups in total. The number of nitrogens with one attached hydrogen (secondary N) is 1. The number of amides is 1. The van der Waals surface area contributed by atoms with Crippen LogP contribution in [0.2, 0.25) is 10.0 Å². The van der Waals surface area contributed by atoms with Crippen LogP contribution in [0.5, 0.6) is 0 Å². The number of benzene rings is 1. The zero-order chi connectivity index (χ0) is 13.7. The first-order valence-electron chi connectivity index (χ1n) is 5.23. The van der Waals surface area contributed by atoms with Crippen LogP contribution in [0.25, 0.3) is 0 Å². The van der Waals surface area contributed by atoms with Crippen LogP contribution in [0.3, 0.4) is 0 Å². The number of amidine groups is 1. The van der Waals surface area contributed by atoms with E-state index in [0.29, 0.717) is 11.4 Å². The maximum absolute atomic E-state index is 11.9. The molecule has 0 aliphatic heterocycles. The van der Waals surface area contributed by atoms with E-state index in [-0.39, 0.29) is 16.4 Å². The van der Waals surface area contributed by atoms with Gasteiger partial charge in [-0.3, -0.25) is 4.79 Å². The van der Waals surface area contributed by atoms with Gasteiger partial charge in [-0.15, -0.1) is 0 Å². The average molecular weight is 290 g/mol. The second-order valence-electron chi connectivity index (χ2n) is 3.58. The minimum Gasteiger partial charge on any atom is -0.409 e. The molecule has 1 amide bonds. The predicted octanol–water partition coefficient (Wildman–Crippen LogP) is 2.25. The number of nitrogens with two attached hydrogens (primary N) is 1. The quantitative estimate of drug-likeness (QED) is 0.344. The molecule has 7 heteroatoms. The van der Waals surface area contributed by atoms with Crippen LogP contribution in [-0.2, 0) is 0 Å². The second-order valence-corrected chi connectivity index (χ2v) is 4.43. The minimum atomic E-state index is -0.547. The number of hydrogen-bond acceptors (Lipinski definition) is 3. The number of hydrogen-bond donors (Lipinski definition) is 3. The lowest BCUT2D eigenvalue weighted by molar-refractivity contribution is 0.0945. The molecule has 0 bridgehead atoms.